The smallest absolute Gasteiger partial charge is 0.308 e. The Kier molecular flexibility index (Phi) is 4.38. The summed E-state index contributed by atoms with van der Waals surface area (Å²) in [6, 6.07) is 13.2. The molecule has 2 N–H and O–H groups in total. The summed E-state index contributed by atoms with van der Waals surface area (Å²) in [5.41, 5.74) is 1.69. The van der Waals surface area contributed by atoms with E-state index >= 15 is 0 Å². The summed E-state index contributed by atoms with van der Waals surface area (Å²) in [5, 5.41) is 5.86. The lowest BCUT2D eigenvalue weighted by atomic mass is 10.1. The molecule has 0 spiro atoms. The Morgan fingerprint density at radius 1 is 0.950 bits per heavy atom. The molecule has 20 heavy (non-hydrogen) atoms. The van der Waals surface area contributed by atoms with Gasteiger partial charge in [0.05, 0.1) is 0 Å². The van der Waals surface area contributed by atoms with Gasteiger partial charge in [0.15, 0.2) is 5.78 Å². The van der Waals surface area contributed by atoms with Crippen LogP contribution in [-0.2, 0) is 0 Å². The van der Waals surface area contributed by atoms with E-state index in [2.05, 4.69) is 10.6 Å². The molecule has 0 unspecified atom stereocenters. The maximum atomic E-state index is 11.8. The summed E-state index contributed by atoms with van der Waals surface area (Å²) in [6.07, 6.45) is 0. The molecule has 102 valence electrons. The molecule has 0 bridgehead atoms. The van der Waals surface area contributed by atoms with Crippen molar-refractivity contribution in [3.8, 4) is 0 Å². The first-order valence-corrected chi connectivity index (χ1v) is 6.37. The fourth-order valence-electron chi connectivity index (χ4n) is 1.68. The Bertz CT molecular complexity index is 656. The van der Waals surface area contributed by atoms with Crippen molar-refractivity contribution in [1.29, 1.82) is 0 Å². The Labute approximate surface area is 121 Å². The normalized spacial score (nSPS) is 9.90. The average Bonchev–Trinajstić information content (AvgIpc) is 2.38. The number of rotatable bonds is 3. The molecule has 4 nitrogen and oxygen atoms in total. The van der Waals surface area contributed by atoms with Crippen molar-refractivity contribution >= 4 is 34.8 Å². The minimum atomic E-state index is -0.395. The van der Waals surface area contributed by atoms with E-state index in [1.807, 2.05) is 0 Å². The van der Waals surface area contributed by atoms with Gasteiger partial charge in [0.25, 0.3) is 0 Å². The third kappa shape index (κ3) is 3.83. The summed E-state index contributed by atoms with van der Waals surface area (Å²) in [6.45, 7) is 1.48. The van der Waals surface area contributed by atoms with E-state index in [-0.39, 0.29) is 5.78 Å². The van der Waals surface area contributed by atoms with E-state index in [0.29, 0.717) is 22.0 Å². The number of urea groups is 1. The van der Waals surface area contributed by atoms with E-state index < -0.39 is 6.03 Å². The maximum Gasteiger partial charge on any atom is 0.323 e. The van der Waals surface area contributed by atoms with Gasteiger partial charge in [-0.3, -0.25) is 4.79 Å². The van der Waals surface area contributed by atoms with Crippen LogP contribution < -0.4 is 10.6 Å². The van der Waals surface area contributed by atoms with Crippen LogP contribution in [0.4, 0.5) is 16.2 Å². The topological polar surface area (TPSA) is 58.2 Å². The molecule has 0 fully saturated rings. The van der Waals surface area contributed by atoms with Gasteiger partial charge >= 0.3 is 6.03 Å². The van der Waals surface area contributed by atoms with Crippen LogP contribution in [0.15, 0.2) is 48.5 Å². The number of hydrogen-bond donors (Lipinski definition) is 2. The lowest BCUT2D eigenvalue weighted by Crippen LogP contribution is -2.19. The summed E-state index contributed by atoms with van der Waals surface area (Å²) >= 11 is 5.83. The predicted molar refractivity (Wildman–Crippen MR) is 80.5 cm³/mol. The maximum absolute atomic E-state index is 11.8. The molecule has 0 aliphatic carbocycles. The van der Waals surface area contributed by atoms with Crippen LogP contribution in [0.2, 0.25) is 5.02 Å². The minimum absolute atomic E-state index is 0.0519. The minimum Gasteiger partial charge on any atom is -0.308 e. The Morgan fingerprint density at radius 3 is 2.15 bits per heavy atom. The third-order valence-corrected chi connectivity index (χ3v) is 2.84. The van der Waals surface area contributed by atoms with Crippen LogP contribution in [-0.4, -0.2) is 11.8 Å². The highest BCUT2D eigenvalue weighted by atomic mass is 35.5. The van der Waals surface area contributed by atoms with Crippen molar-refractivity contribution in [3.63, 3.8) is 0 Å². The van der Waals surface area contributed by atoms with Crippen molar-refractivity contribution in [3.05, 3.63) is 59.1 Å². The van der Waals surface area contributed by atoms with Gasteiger partial charge in [-0.05, 0) is 37.3 Å². The van der Waals surface area contributed by atoms with Crippen molar-refractivity contribution in [2.75, 3.05) is 10.6 Å². The second kappa shape index (κ2) is 6.21. The lowest BCUT2D eigenvalue weighted by molar-refractivity contribution is 0.101. The van der Waals surface area contributed by atoms with Crippen molar-refractivity contribution in [2.24, 2.45) is 0 Å². The molecule has 0 aliphatic rings. The van der Waals surface area contributed by atoms with Crippen LogP contribution in [0.3, 0.4) is 0 Å². The van der Waals surface area contributed by atoms with Gasteiger partial charge in [0.1, 0.15) is 0 Å². The molecule has 2 aromatic carbocycles. The molecule has 0 saturated carbocycles. The Morgan fingerprint density at radius 2 is 1.55 bits per heavy atom. The molecule has 0 radical (unpaired) electrons. The highest BCUT2D eigenvalue weighted by Gasteiger charge is 2.05. The van der Waals surface area contributed by atoms with Gasteiger partial charge in [-0.25, -0.2) is 4.79 Å². The van der Waals surface area contributed by atoms with Gasteiger partial charge in [-0.2, -0.15) is 0 Å². The first kappa shape index (κ1) is 14.1. The number of benzene rings is 2. The quantitative estimate of drug-likeness (QED) is 0.832. The highest BCUT2D eigenvalue weighted by Crippen LogP contribution is 2.16. The van der Waals surface area contributed by atoms with Crippen molar-refractivity contribution < 1.29 is 9.59 Å². The van der Waals surface area contributed by atoms with Crippen molar-refractivity contribution in [1.82, 2.24) is 0 Å². The number of carbonyl (C=O) groups excluding carboxylic acids is 2. The molecule has 2 amide bonds. The van der Waals surface area contributed by atoms with E-state index in [1.165, 1.54) is 6.92 Å². The molecular formula is C15H13ClN2O2. The molecule has 0 aliphatic heterocycles. The zero-order chi connectivity index (χ0) is 14.5. The fourth-order valence-corrected chi connectivity index (χ4v) is 1.87. The molecule has 0 saturated heterocycles. The highest BCUT2D eigenvalue weighted by molar-refractivity contribution is 6.30. The number of nitrogens with one attached hydrogen (secondary N) is 2. The fraction of sp³-hybridized carbons (Fsp3) is 0.0667. The standard InChI is InChI=1S/C15H13ClN2O2/c1-10(19)11-4-2-6-13(8-11)17-15(20)18-14-7-3-5-12(16)9-14/h2-9H,1H3,(H2,17,18,20). The number of Topliss-reactive ketones (excluding diaryl/α,β-unsaturated/α-hetero) is 1. The molecular weight excluding hydrogens is 276 g/mol. The van der Waals surface area contributed by atoms with E-state index in [9.17, 15) is 9.59 Å². The number of ketones is 1. The summed E-state index contributed by atoms with van der Waals surface area (Å²) in [5.74, 6) is -0.0519. The molecule has 0 atom stereocenters. The first-order chi connectivity index (χ1) is 9.54. The van der Waals surface area contributed by atoms with Crippen LogP contribution in [0.1, 0.15) is 17.3 Å². The number of halogens is 1. The third-order valence-electron chi connectivity index (χ3n) is 2.61. The van der Waals surface area contributed by atoms with Gasteiger partial charge in [-0.15, -0.1) is 0 Å². The average molecular weight is 289 g/mol. The largest absolute Gasteiger partial charge is 0.323 e. The van der Waals surface area contributed by atoms with E-state index in [1.54, 1.807) is 48.5 Å². The van der Waals surface area contributed by atoms with Crippen LogP contribution >= 0.6 is 11.6 Å². The van der Waals surface area contributed by atoms with E-state index in [0.717, 1.165) is 0 Å². The molecule has 2 rings (SSSR count). The SMILES string of the molecule is CC(=O)c1cccc(NC(=O)Nc2cccc(Cl)c2)c1. The van der Waals surface area contributed by atoms with Gasteiger partial charge < -0.3 is 10.6 Å². The van der Waals surface area contributed by atoms with Gasteiger partial charge in [-0.1, -0.05) is 29.8 Å². The molecule has 0 heterocycles. The zero-order valence-electron chi connectivity index (χ0n) is 10.8. The van der Waals surface area contributed by atoms with Gasteiger partial charge in [0.2, 0.25) is 0 Å². The van der Waals surface area contributed by atoms with Crippen LogP contribution in [0.25, 0.3) is 0 Å². The second-order valence-corrected chi connectivity index (χ2v) is 4.66. The molecule has 5 heteroatoms. The summed E-state index contributed by atoms with van der Waals surface area (Å²) in [7, 11) is 0. The lowest BCUT2D eigenvalue weighted by Gasteiger charge is -2.08. The Hall–Kier alpha value is -2.33. The van der Waals surface area contributed by atoms with Crippen LogP contribution in [0.5, 0.6) is 0 Å². The molecule has 2 aromatic rings. The van der Waals surface area contributed by atoms with E-state index in [4.69, 9.17) is 11.6 Å². The first-order valence-electron chi connectivity index (χ1n) is 5.99. The summed E-state index contributed by atoms with van der Waals surface area (Å²) in [4.78, 5) is 23.1. The number of carbonyl (C=O) groups is 2. The Balaban J connectivity index is 2.04. The van der Waals surface area contributed by atoms with Crippen molar-refractivity contribution in [2.45, 2.75) is 6.92 Å². The predicted octanol–water partition coefficient (Wildman–Crippen LogP) is 4.19. The van der Waals surface area contributed by atoms with Gasteiger partial charge in [0, 0.05) is 22.0 Å². The zero-order valence-corrected chi connectivity index (χ0v) is 11.6. The number of anilines is 2. The van der Waals surface area contributed by atoms with Crippen LogP contribution in [0, 0.1) is 0 Å². The summed E-state index contributed by atoms with van der Waals surface area (Å²) < 4.78 is 0. The monoisotopic (exact) mass is 288 g/mol. The number of amides is 2. The second-order valence-electron chi connectivity index (χ2n) is 4.23. The molecule has 0 aromatic heterocycles. The number of hydrogen-bond acceptors (Lipinski definition) is 2.